The Morgan fingerprint density at radius 1 is 1.19 bits per heavy atom. The number of aryl methyl sites for hydroxylation is 1. The fourth-order valence-electron chi connectivity index (χ4n) is 3.88. The lowest BCUT2D eigenvalue weighted by Crippen LogP contribution is -2.45. The Balaban J connectivity index is 2.33. The van der Waals surface area contributed by atoms with Crippen molar-refractivity contribution in [1.82, 2.24) is 15.1 Å². The molecule has 1 aliphatic heterocycles. The largest absolute Gasteiger partial charge is 0.445 e. The molecule has 1 aliphatic rings. The zero-order chi connectivity index (χ0) is 27.7. The molecule has 36 heavy (non-hydrogen) atoms. The van der Waals surface area contributed by atoms with Crippen LogP contribution in [0.3, 0.4) is 0 Å². The SMILES string of the molecule is C=CCOC(=O)N1C[C@H](O[Si](C)(C)C(C)(C)C)C[C@H]1C(O)c1c(CO[Si](C)(C)C(C)(C)C)n[nH]c1C. The standard InChI is InChI=1S/C26H49N3O5Si2/c1-13-14-32-24(31)29-16-19(34-36(11,12)26(6,7)8)15-21(29)23(30)22-18(2)27-28-20(22)17-33-35(9,10)25(3,4)5/h13,19,21,23,30H,1,14-17H2,2-12H3,(H,27,28)/t19-,21+,23?/m1/s1. The molecule has 1 saturated heterocycles. The summed E-state index contributed by atoms with van der Waals surface area (Å²) in [6, 6.07) is -0.500. The van der Waals surface area contributed by atoms with Gasteiger partial charge in [-0.3, -0.25) is 10.00 Å². The van der Waals surface area contributed by atoms with Gasteiger partial charge in [0.1, 0.15) is 12.7 Å². The molecule has 8 nitrogen and oxygen atoms in total. The number of hydrogen-bond donors (Lipinski definition) is 2. The molecular weight excluding hydrogens is 490 g/mol. The fraction of sp³-hybridized carbons (Fsp3) is 0.769. The maximum absolute atomic E-state index is 13.0. The van der Waals surface area contributed by atoms with Gasteiger partial charge in [-0.15, -0.1) is 0 Å². The van der Waals surface area contributed by atoms with Gasteiger partial charge in [0.15, 0.2) is 16.6 Å². The summed E-state index contributed by atoms with van der Waals surface area (Å²) in [5.41, 5.74) is 2.13. The van der Waals surface area contributed by atoms with Gasteiger partial charge in [-0.25, -0.2) is 4.79 Å². The first-order chi connectivity index (χ1) is 16.3. The van der Waals surface area contributed by atoms with E-state index in [2.05, 4.69) is 84.5 Å². The van der Waals surface area contributed by atoms with E-state index in [-0.39, 0.29) is 22.8 Å². The minimum absolute atomic E-state index is 0.0350. The lowest BCUT2D eigenvalue weighted by molar-refractivity contribution is 0.0538. The molecule has 1 amide bonds. The van der Waals surface area contributed by atoms with Crippen LogP contribution < -0.4 is 0 Å². The van der Waals surface area contributed by atoms with E-state index in [4.69, 9.17) is 13.6 Å². The van der Waals surface area contributed by atoms with Crippen LogP contribution in [-0.4, -0.2) is 68.2 Å². The maximum Gasteiger partial charge on any atom is 0.410 e. The number of ether oxygens (including phenoxy) is 1. The first-order valence-corrected chi connectivity index (χ1v) is 18.7. The molecule has 0 radical (unpaired) electrons. The number of carbonyl (C=O) groups is 1. The Hall–Kier alpha value is -1.47. The van der Waals surface area contributed by atoms with Gasteiger partial charge in [0.05, 0.1) is 24.4 Å². The van der Waals surface area contributed by atoms with Crippen LogP contribution in [0, 0.1) is 6.92 Å². The van der Waals surface area contributed by atoms with Crippen molar-refractivity contribution in [2.75, 3.05) is 13.2 Å². The number of H-pyrrole nitrogens is 1. The first kappa shape index (κ1) is 30.8. The number of hydrogen-bond acceptors (Lipinski definition) is 6. The van der Waals surface area contributed by atoms with Crippen molar-refractivity contribution in [2.24, 2.45) is 0 Å². The Bertz CT molecular complexity index is 918. The van der Waals surface area contributed by atoms with E-state index in [1.165, 1.54) is 0 Å². The molecule has 0 aliphatic carbocycles. The molecule has 2 N–H and O–H groups in total. The van der Waals surface area contributed by atoms with Gasteiger partial charge in [-0.1, -0.05) is 54.2 Å². The minimum atomic E-state index is -2.07. The van der Waals surface area contributed by atoms with Crippen LogP contribution in [0.4, 0.5) is 4.79 Å². The van der Waals surface area contributed by atoms with Crippen molar-refractivity contribution in [3.8, 4) is 0 Å². The molecule has 1 aromatic heterocycles. The summed E-state index contributed by atoms with van der Waals surface area (Å²) >= 11 is 0. The summed E-state index contributed by atoms with van der Waals surface area (Å²) in [4.78, 5) is 14.6. The summed E-state index contributed by atoms with van der Waals surface area (Å²) in [5, 5.41) is 19.2. The molecule has 1 fully saturated rings. The zero-order valence-electron chi connectivity index (χ0n) is 24.3. The van der Waals surface area contributed by atoms with E-state index < -0.39 is 34.9 Å². The van der Waals surface area contributed by atoms with Crippen molar-refractivity contribution < 1.29 is 23.5 Å². The second-order valence-corrected chi connectivity index (χ2v) is 22.6. The highest BCUT2D eigenvalue weighted by Crippen LogP contribution is 2.41. The summed E-state index contributed by atoms with van der Waals surface area (Å²) in [6.07, 6.45) is 0.455. The van der Waals surface area contributed by atoms with Crippen molar-refractivity contribution in [3.05, 3.63) is 29.6 Å². The van der Waals surface area contributed by atoms with E-state index in [0.717, 1.165) is 5.69 Å². The molecule has 10 heteroatoms. The summed E-state index contributed by atoms with van der Waals surface area (Å²) in [6.45, 7) is 28.3. The Morgan fingerprint density at radius 3 is 2.31 bits per heavy atom. The van der Waals surface area contributed by atoms with E-state index in [1.807, 2.05) is 6.92 Å². The van der Waals surface area contributed by atoms with Gasteiger partial charge >= 0.3 is 6.09 Å². The Kier molecular flexibility index (Phi) is 9.49. The highest BCUT2D eigenvalue weighted by atomic mass is 28.4. The molecule has 2 heterocycles. The third-order valence-electron chi connectivity index (χ3n) is 8.24. The van der Waals surface area contributed by atoms with Crippen LogP contribution in [-0.2, 0) is 20.2 Å². The number of aromatic amines is 1. The quantitative estimate of drug-likeness (QED) is 0.292. The van der Waals surface area contributed by atoms with Crippen LogP contribution in [0.5, 0.6) is 0 Å². The molecular formula is C26H49N3O5Si2. The van der Waals surface area contributed by atoms with Crippen LogP contribution in [0.25, 0.3) is 0 Å². The Morgan fingerprint density at radius 2 is 1.78 bits per heavy atom. The molecule has 1 aromatic rings. The second kappa shape index (κ2) is 11.1. The van der Waals surface area contributed by atoms with E-state index in [9.17, 15) is 9.90 Å². The van der Waals surface area contributed by atoms with Crippen molar-refractivity contribution in [2.45, 2.75) is 116 Å². The number of nitrogens with one attached hydrogen (secondary N) is 1. The van der Waals surface area contributed by atoms with Crippen LogP contribution in [0.1, 0.15) is 71.0 Å². The predicted molar refractivity (Wildman–Crippen MR) is 149 cm³/mol. The summed E-state index contributed by atoms with van der Waals surface area (Å²) < 4.78 is 18.4. The van der Waals surface area contributed by atoms with Crippen LogP contribution in [0.2, 0.25) is 36.3 Å². The fourth-order valence-corrected chi connectivity index (χ4v) is 6.16. The predicted octanol–water partition coefficient (Wildman–Crippen LogP) is 6.06. The number of carbonyl (C=O) groups excluding carboxylic acids is 1. The van der Waals surface area contributed by atoms with Crippen molar-refractivity contribution in [3.63, 3.8) is 0 Å². The van der Waals surface area contributed by atoms with Crippen LogP contribution in [0.15, 0.2) is 12.7 Å². The first-order valence-electron chi connectivity index (χ1n) is 12.9. The lowest BCUT2D eigenvalue weighted by atomic mass is 9.98. The van der Waals surface area contributed by atoms with Gasteiger partial charge in [0.2, 0.25) is 0 Å². The molecule has 0 bridgehead atoms. The highest BCUT2D eigenvalue weighted by Gasteiger charge is 2.47. The van der Waals surface area contributed by atoms with E-state index in [0.29, 0.717) is 30.8 Å². The summed E-state index contributed by atoms with van der Waals surface area (Å²) in [7, 11) is -4.09. The maximum atomic E-state index is 13.0. The molecule has 2 rings (SSSR count). The summed E-state index contributed by atoms with van der Waals surface area (Å²) in [5.74, 6) is 0. The minimum Gasteiger partial charge on any atom is -0.445 e. The van der Waals surface area contributed by atoms with Crippen molar-refractivity contribution >= 4 is 22.7 Å². The molecule has 0 spiro atoms. The van der Waals surface area contributed by atoms with Gasteiger partial charge in [-0.2, -0.15) is 5.10 Å². The number of aromatic nitrogens is 2. The number of rotatable bonds is 9. The Labute approximate surface area is 220 Å². The molecule has 1 unspecified atom stereocenters. The number of likely N-dealkylation sites (tertiary alicyclic amines) is 1. The topological polar surface area (TPSA) is 96.9 Å². The number of nitrogens with zero attached hydrogens (tertiary/aromatic N) is 2. The smallest absolute Gasteiger partial charge is 0.410 e. The average molecular weight is 540 g/mol. The third-order valence-corrected chi connectivity index (χ3v) is 17.3. The van der Waals surface area contributed by atoms with E-state index in [1.54, 1.807) is 11.0 Å². The van der Waals surface area contributed by atoms with Crippen molar-refractivity contribution in [1.29, 1.82) is 0 Å². The molecule has 0 saturated carbocycles. The number of aliphatic hydroxyl groups excluding tert-OH is 1. The molecule has 206 valence electrons. The van der Waals surface area contributed by atoms with Gasteiger partial charge < -0.3 is 18.7 Å². The van der Waals surface area contributed by atoms with Crippen LogP contribution >= 0.6 is 0 Å². The van der Waals surface area contributed by atoms with E-state index >= 15 is 0 Å². The third kappa shape index (κ3) is 6.89. The highest BCUT2D eigenvalue weighted by molar-refractivity contribution is 6.74. The lowest BCUT2D eigenvalue weighted by Gasteiger charge is -2.38. The van der Waals surface area contributed by atoms with Gasteiger partial charge in [0.25, 0.3) is 0 Å². The van der Waals surface area contributed by atoms with Gasteiger partial charge in [-0.05, 0) is 49.6 Å². The number of amides is 1. The second-order valence-electron chi connectivity index (χ2n) is 13.0. The molecule has 0 aromatic carbocycles. The zero-order valence-corrected chi connectivity index (χ0v) is 26.3. The average Bonchev–Trinajstić information content (AvgIpc) is 3.31. The monoisotopic (exact) mass is 539 g/mol. The number of aliphatic hydroxyl groups is 1. The normalized spacial score (nSPS) is 20.5. The molecule has 3 atom stereocenters. The van der Waals surface area contributed by atoms with Gasteiger partial charge in [0, 0.05) is 17.8 Å².